The molecule has 2 N–H and O–H groups in total. The molecular weight excluding hydrogens is 152 g/mol. The third-order valence-electron chi connectivity index (χ3n) is 4.70. The van der Waals surface area contributed by atoms with Crippen LogP contribution in [0.15, 0.2) is 0 Å². The van der Waals surface area contributed by atoms with Crippen LogP contribution in [-0.2, 0) is 0 Å². The van der Waals surface area contributed by atoms with Gasteiger partial charge in [-0.25, -0.2) is 0 Å². The number of rotatable bonds is 0. The van der Waals surface area contributed by atoms with Crippen molar-refractivity contribution < 1.29 is 10.2 Å². The predicted octanol–water partition coefficient (Wildman–Crippen LogP) is 1.31. The van der Waals surface area contributed by atoms with Gasteiger partial charge in [-0.2, -0.15) is 0 Å². The lowest BCUT2D eigenvalue weighted by atomic mass is 9.67. The van der Waals surface area contributed by atoms with Gasteiger partial charge in [0.2, 0.25) is 0 Å². The van der Waals surface area contributed by atoms with Crippen molar-refractivity contribution in [2.75, 3.05) is 0 Å². The van der Waals surface area contributed by atoms with Gasteiger partial charge in [0.15, 0.2) is 0 Å². The van der Waals surface area contributed by atoms with E-state index in [-0.39, 0.29) is 5.41 Å². The van der Waals surface area contributed by atoms with E-state index in [2.05, 4.69) is 6.92 Å². The standard InChI is InChI=1S/C10H18O2/c1-8-5-4-7(6-8)9(2,11)10(8,3)12/h7,11-12H,4-6H2,1-3H3/t7-,8+,9-,10-/m1/s1. The summed E-state index contributed by atoms with van der Waals surface area (Å²) in [7, 11) is 0. The fourth-order valence-corrected chi connectivity index (χ4v) is 3.17. The summed E-state index contributed by atoms with van der Waals surface area (Å²) in [6.07, 6.45) is 3.10. The van der Waals surface area contributed by atoms with Gasteiger partial charge in [-0.05, 0) is 44.4 Å². The molecule has 2 saturated carbocycles. The maximum Gasteiger partial charge on any atom is 0.0958 e. The van der Waals surface area contributed by atoms with Gasteiger partial charge in [0, 0.05) is 0 Å². The largest absolute Gasteiger partial charge is 0.387 e. The van der Waals surface area contributed by atoms with E-state index >= 15 is 0 Å². The monoisotopic (exact) mass is 170 g/mol. The Bertz CT molecular complexity index is 213. The average Bonchev–Trinajstić information content (AvgIpc) is 2.36. The zero-order chi connectivity index (χ0) is 9.20. The minimum atomic E-state index is -0.900. The zero-order valence-corrected chi connectivity index (χ0v) is 8.09. The summed E-state index contributed by atoms with van der Waals surface area (Å²) in [6, 6.07) is 0. The minimum Gasteiger partial charge on any atom is -0.387 e. The van der Waals surface area contributed by atoms with Crippen LogP contribution in [0.5, 0.6) is 0 Å². The van der Waals surface area contributed by atoms with E-state index in [9.17, 15) is 10.2 Å². The van der Waals surface area contributed by atoms with Crippen LogP contribution in [0.25, 0.3) is 0 Å². The van der Waals surface area contributed by atoms with Gasteiger partial charge >= 0.3 is 0 Å². The molecular formula is C10H18O2. The Hall–Kier alpha value is -0.0800. The van der Waals surface area contributed by atoms with Crippen LogP contribution in [0, 0.1) is 11.3 Å². The molecule has 0 saturated heterocycles. The first kappa shape index (κ1) is 8.52. The quantitative estimate of drug-likeness (QED) is 0.575. The molecule has 0 amide bonds. The molecule has 2 heteroatoms. The van der Waals surface area contributed by atoms with Crippen LogP contribution in [0.4, 0.5) is 0 Å². The van der Waals surface area contributed by atoms with E-state index < -0.39 is 11.2 Å². The summed E-state index contributed by atoms with van der Waals surface area (Å²) in [6.45, 7) is 5.66. The molecule has 2 aliphatic carbocycles. The van der Waals surface area contributed by atoms with Gasteiger partial charge in [-0.1, -0.05) is 6.92 Å². The molecule has 2 rings (SSSR count). The van der Waals surface area contributed by atoms with Crippen molar-refractivity contribution in [1.82, 2.24) is 0 Å². The summed E-state index contributed by atoms with van der Waals surface area (Å²) >= 11 is 0. The minimum absolute atomic E-state index is 0.0544. The number of aliphatic hydroxyl groups is 2. The van der Waals surface area contributed by atoms with Gasteiger partial charge in [0.25, 0.3) is 0 Å². The first-order valence-corrected chi connectivity index (χ1v) is 4.76. The van der Waals surface area contributed by atoms with E-state index in [1.165, 1.54) is 0 Å². The Balaban J connectivity index is 2.46. The third-order valence-corrected chi connectivity index (χ3v) is 4.70. The lowest BCUT2D eigenvalue weighted by molar-refractivity contribution is -0.184. The zero-order valence-electron chi connectivity index (χ0n) is 8.09. The van der Waals surface area contributed by atoms with Crippen molar-refractivity contribution in [3.05, 3.63) is 0 Å². The Morgan fingerprint density at radius 2 is 1.75 bits per heavy atom. The van der Waals surface area contributed by atoms with E-state index in [1.54, 1.807) is 13.8 Å². The Morgan fingerprint density at radius 1 is 1.17 bits per heavy atom. The highest BCUT2D eigenvalue weighted by atomic mass is 16.4. The van der Waals surface area contributed by atoms with Crippen molar-refractivity contribution in [3.63, 3.8) is 0 Å². The van der Waals surface area contributed by atoms with Crippen molar-refractivity contribution in [2.24, 2.45) is 11.3 Å². The summed E-state index contributed by atoms with van der Waals surface area (Å²) in [5.41, 5.74) is -1.83. The summed E-state index contributed by atoms with van der Waals surface area (Å²) in [5.74, 6) is 0.303. The van der Waals surface area contributed by atoms with Crippen molar-refractivity contribution >= 4 is 0 Å². The summed E-state index contributed by atoms with van der Waals surface area (Å²) in [4.78, 5) is 0. The van der Waals surface area contributed by atoms with Gasteiger partial charge in [0.05, 0.1) is 11.2 Å². The molecule has 2 aliphatic rings. The summed E-state index contributed by atoms with van der Waals surface area (Å²) in [5, 5.41) is 20.3. The third kappa shape index (κ3) is 0.647. The number of hydrogen-bond donors (Lipinski definition) is 2. The van der Waals surface area contributed by atoms with Crippen LogP contribution in [0.1, 0.15) is 40.0 Å². The van der Waals surface area contributed by atoms with Crippen molar-refractivity contribution in [2.45, 2.75) is 51.2 Å². The molecule has 2 fully saturated rings. The van der Waals surface area contributed by atoms with Crippen molar-refractivity contribution in [3.8, 4) is 0 Å². The molecule has 0 aromatic heterocycles. The SMILES string of the molecule is C[C@]12CC[C@H](C1)[C@@](C)(O)[C@]2(C)O. The molecule has 0 aliphatic heterocycles. The molecule has 12 heavy (non-hydrogen) atoms. The van der Waals surface area contributed by atoms with Crippen LogP contribution < -0.4 is 0 Å². The van der Waals surface area contributed by atoms with Gasteiger partial charge in [0.1, 0.15) is 0 Å². The van der Waals surface area contributed by atoms with Crippen LogP contribution in [0.2, 0.25) is 0 Å². The Morgan fingerprint density at radius 3 is 2.00 bits per heavy atom. The highest BCUT2D eigenvalue weighted by Gasteiger charge is 2.67. The van der Waals surface area contributed by atoms with Crippen LogP contribution >= 0.6 is 0 Å². The molecule has 70 valence electrons. The second-order valence-corrected chi connectivity index (χ2v) is 5.22. The highest BCUT2D eigenvalue weighted by molar-refractivity contribution is 5.18. The maximum absolute atomic E-state index is 10.2. The molecule has 0 radical (unpaired) electrons. The normalized spacial score (nSPS) is 64.2. The maximum atomic E-state index is 10.2. The highest BCUT2D eigenvalue weighted by Crippen LogP contribution is 2.63. The number of hydrogen-bond acceptors (Lipinski definition) is 2. The van der Waals surface area contributed by atoms with E-state index in [4.69, 9.17) is 0 Å². The predicted molar refractivity (Wildman–Crippen MR) is 46.7 cm³/mol. The Labute approximate surface area is 73.6 Å². The molecule has 0 spiro atoms. The molecule has 0 heterocycles. The second kappa shape index (κ2) is 1.88. The topological polar surface area (TPSA) is 40.5 Å². The first-order chi connectivity index (χ1) is 5.31. The van der Waals surface area contributed by atoms with E-state index in [0.717, 1.165) is 19.3 Å². The van der Waals surface area contributed by atoms with E-state index in [1.807, 2.05) is 0 Å². The van der Waals surface area contributed by atoms with Gasteiger partial charge < -0.3 is 10.2 Å². The fraction of sp³-hybridized carbons (Fsp3) is 1.00. The molecule has 4 atom stereocenters. The smallest absolute Gasteiger partial charge is 0.0958 e. The first-order valence-electron chi connectivity index (χ1n) is 4.76. The Kier molecular flexibility index (Phi) is 1.33. The molecule has 0 aromatic carbocycles. The molecule has 2 nitrogen and oxygen atoms in total. The lowest BCUT2D eigenvalue weighted by Crippen LogP contribution is -2.57. The second-order valence-electron chi connectivity index (χ2n) is 5.22. The average molecular weight is 170 g/mol. The lowest BCUT2D eigenvalue weighted by Gasteiger charge is -2.46. The molecule has 0 unspecified atom stereocenters. The number of fused-ring (bicyclic) bond motifs is 2. The molecule has 2 bridgehead atoms. The van der Waals surface area contributed by atoms with Crippen molar-refractivity contribution in [1.29, 1.82) is 0 Å². The van der Waals surface area contributed by atoms with Crippen LogP contribution in [0.3, 0.4) is 0 Å². The van der Waals surface area contributed by atoms with Crippen LogP contribution in [-0.4, -0.2) is 21.4 Å². The van der Waals surface area contributed by atoms with Gasteiger partial charge in [-0.15, -0.1) is 0 Å². The van der Waals surface area contributed by atoms with Gasteiger partial charge in [-0.3, -0.25) is 0 Å². The molecule has 0 aromatic rings. The summed E-state index contributed by atoms with van der Waals surface area (Å²) < 4.78 is 0. The fourth-order valence-electron chi connectivity index (χ4n) is 3.17. The van der Waals surface area contributed by atoms with E-state index in [0.29, 0.717) is 5.92 Å².